The number of carbonyl (C=O) groups is 1. The van der Waals surface area contributed by atoms with Crippen molar-refractivity contribution in [1.29, 1.82) is 0 Å². The number of aromatic amines is 1. The van der Waals surface area contributed by atoms with Crippen LogP contribution >= 0.6 is 0 Å². The fourth-order valence-electron chi connectivity index (χ4n) is 3.16. The summed E-state index contributed by atoms with van der Waals surface area (Å²) in [6.45, 7) is 6.56. The first kappa shape index (κ1) is 19.5. The number of carbonyl (C=O) groups excluding carboxylic acids is 1. The molecule has 0 atom stereocenters. The second-order valence-corrected chi connectivity index (χ2v) is 6.82. The SMILES string of the molecule is CNc1nc(C)cc(-c2cccc(C(=O)NCCCc3c(C)n[nH]c3C)c2)n1. The maximum atomic E-state index is 12.5. The lowest BCUT2D eigenvalue weighted by Gasteiger charge is -2.09. The molecular weight excluding hydrogens is 352 g/mol. The van der Waals surface area contributed by atoms with E-state index in [4.69, 9.17) is 0 Å². The predicted molar refractivity (Wildman–Crippen MR) is 110 cm³/mol. The number of nitrogens with one attached hydrogen (secondary N) is 3. The van der Waals surface area contributed by atoms with Gasteiger partial charge in [-0.3, -0.25) is 9.89 Å². The van der Waals surface area contributed by atoms with Crippen LogP contribution in [0.2, 0.25) is 0 Å². The summed E-state index contributed by atoms with van der Waals surface area (Å²) in [6, 6.07) is 9.41. The maximum absolute atomic E-state index is 12.5. The number of nitrogens with zero attached hydrogens (tertiary/aromatic N) is 3. The van der Waals surface area contributed by atoms with Crippen LogP contribution in [0.4, 0.5) is 5.95 Å². The minimum Gasteiger partial charge on any atom is -0.357 e. The molecule has 146 valence electrons. The Bertz CT molecular complexity index is 959. The molecular formula is C21H26N6O. The van der Waals surface area contributed by atoms with Crippen LogP contribution in [0.5, 0.6) is 0 Å². The highest BCUT2D eigenvalue weighted by Gasteiger charge is 2.10. The van der Waals surface area contributed by atoms with Gasteiger partial charge < -0.3 is 10.6 Å². The van der Waals surface area contributed by atoms with Gasteiger partial charge in [-0.15, -0.1) is 0 Å². The third-order valence-corrected chi connectivity index (χ3v) is 4.67. The minimum atomic E-state index is -0.0814. The Balaban J connectivity index is 1.63. The van der Waals surface area contributed by atoms with Gasteiger partial charge in [-0.2, -0.15) is 5.10 Å². The van der Waals surface area contributed by atoms with Crippen molar-refractivity contribution in [1.82, 2.24) is 25.5 Å². The van der Waals surface area contributed by atoms with E-state index in [1.165, 1.54) is 5.56 Å². The monoisotopic (exact) mass is 378 g/mol. The fraction of sp³-hybridized carbons (Fsp3) is 0.333. The molecule has 0 aliphatic carbocycles. The van der Waals surface area contributed by atoms with Crippen LogP contribution in [-0.2, 0) is 6.42 Å². The summed E-state index contributed by atoms with van der Waals surface area (Å²) in [7, 11) is 1.79. The summed E-state index contributed by atoms with van der Waals surface area (Å²) in [5.74, 6) is 0.483. The van der Waals surface area contributed by atoms with E-state index in [1.807, 2.05) is 51.1 Å². The minimum absolute atomic E-state index is 0.0814. The molecule has 7 nitrogen and oxygen atoms in total. The molecule has 0 saturated heterocycles. The Morgan fingerprint density at radius 3 is 2.68 bits per heavy atom. The molecule has 3 N–H and O–H groups in total. The number of hydrogen-bond acceptors (Lipinski definition) is 5. The molecule has 1 aromatic carbocycles. The van der Waals surface area contributed by atoms with Crippen molar-refractivity contribution in [3.63, 3.8) is 0 Å². The second kappa shape index (κ2) is 8.65. The number of hydrogen-bond donors (Lipinski definition) is 3. The van der Waals surface area contributed by atoms with E-state index in [-0.39, 0.29) is 5.91 Å². The quantitative estimate of drug-likeness (QED) is 0.549. The lowest BCUT2D eigenvalue weighted by molar-refractivity contribution is 0.0953. The number of H-pyrrole nitrogens is 1. The van der Waals surface area contributed by atoms with Gasteiger partial charge in [0, 0.05) is 36.1 Å². The average Bonchev–Trinajstić information content (AvgIpc) is 3.02. The van der Waals surface area contributed by atoms with Crippen LogP contribution < -0.4 is 10.6 Å². The Labute approximate surface area is 165 Å². The van der Waals surface area contributed by atoms with E-state index >= 15 is 0 Å². The van der Waals surface area contributed by atoms with Gasteiger partial charge in [0.2, 0.25) is 5.95 Å². The van der Waals surface area contributed by atoms with Gasteiger partial charge >= 0.3 is 0 Å². The Morgan fingerprint density at radius 1 is 1.14 bits per heavy atom. The highest BCUT2D eigenvalue weighted by Crippen LogP contribution is 2.20. The molecule has 2 heterocycles. The summed E-state index contributed by atoms with van der Waals surface area (Å²) in [6.07, 6.45) is 1.75. The summed E-state index contributed by atoms with van der Waals surface area (Å²) >= 11 is 0. The van der Waals surface area contributed by atoms with Gasteiger partial charge in [0.1, 0.15) is 0 Å². The lowest BCUT2D eigenvalue weighted by atomic mass is 10.1. The summed E-state index contributed by atoms with van der Waals surface area (Å²) in [5, 5.41) is 13.2. The molecule has 3 aromatic rings. The van der Waals surface area contributed by atoms with Gasteiger partial charge in [0.15, 0.2) is 0 Å². The molecule has 0 bridgehead atoms. The third-order valence-electron chi connectivity index (χ3n) is 4.67. The van der Waals surface area contributed by atoms with Crippen molar-refractivity contribution < 1.29 is 4.79 Å². The number of benzene rings is 1. The van der Waals surface area contributed by atoms with Crippen LogP contribution in [0.15, 0.2) is 30.3 Å². The van der Waals surface area contributed by atoms with Gasteiger partial charge in [0.05, 0.1) is 11.4 Å². The number of anilines is 1. The first-order chi connectivity index (χ1) is 13.5. The Morgan fingerprint density at radius 2 is 1.96 bits per heavy atom. The summed E-state index contributed by atoms with van der Waals surface area (Å²) in [4.78, 5) is 21.3. The van der Waals surface area contributed by atoms with Gasteiger partial charge in [0.25, 0.3) is 5.91 Å². The van der Waals surface area contributed by atoms with E-state index in [2.05, 4.69) is 30.8 Å². The molecule has 0 radical (unpaired) electrons. The van der Waals surface area contributed by atoms with E-state index in [9.17, 15) is 4.79 Å². The van der Waals surface area contributed by atoms with Crippen molar-refractivity contribution >= 4 is 11.9 Å². The normalized spacial score (nSPS) is 10.7. The number of aromatic nitrogens is 4. The third kappa shape index (κ3) is 4.54. The topological polar surface area (TPSA) is 95.6 Å². The maximum Gasteiger partial charge on any atom is 0.251 e. The first-order valence-corrected chi connectivity index (χ1v) is 9.40. The zero-order valence-corrected chi connectivity index (χ0v) is 16.8. The zero-order valence-electron chi connectivity index (χ0n) is 16.8. The van der Waals surface area contributed by atoms with Crippen LogP contribution in [-0.4, -0.2) is 39.7 Å². The zero-order chi connectivity index (χ0) is 20.1. The lowest BCUT2D eigenvalue weighted by Crippen LogP contribution is -2.24. The van der Waals surface area contributed by atoms with E-state index in [1.54, 1.807) is 7.05 Å². The molecule has 0 saturated carbocycles. The van der Waals surface area contributed by atoms with Crippen molar-refractivity contribution in [2.24, 2.45) is 0 Å². The summed E-state index contributed by atoms with van der Waals surface area (Å²) < 4.78 is 0. The Kier molecular flexibility index (Phi) is 6.03. The van der Waals surface area contributed by atoms with Gasteiger partial charge in [-0.25, -0.2) is 9.97 Å². The second-order valence-electron chi connectivity index (χ2n) is 6.82. The van der Waals surface area contributed by atoms with Crippen molar-refractivity contribution in [2.75, 3.05) is 18.9 Å². The van der Waals surface area contributed by atoms with Crippen LogP contribution in [0.1, 0.15) is 39.4 Å². The standard InChI is InChI=1S/C21H26N6O/c1-13-11-19(25-21(22-4)24-13)16-7-5-8-17(12-16)20(28)23-10-6-9-18-14(2)26-27-15(18)3/h5,7-8,11-12H,6,9-10H2,1-4H3,(H,23,28)(H,26,27)(H,22,24,25). The van der Waals surface area contributed by atoms with Crippen molar-refractivity contribution in [2.45, 2.75) is 33.6 Å². The van der Waals surface area contributed by atoms with Gasteiger partial charge in [-0.1, -0.05) is 12.1 Å². The number of rotatable bonds is 7. The molecule has 2 aromatic heterocycles. The highest BCUT2D eigenvalue weighted by molar-refractivity contribution is 5.95. The van der Waals surface area contributed by atoms with E-state index < -0.39 is 0 Å². The van der Waals surface area contributed by atoms with Crippen LogP contribution in [0, 0.1) is 20.8 Å². The van der Waals surface area contributed by atoms with Crippen LogP contribution in [0.3, 0.4) is 0 Å². The smallest absolute Gasteiger partial charge is 0.251 e. The molecule has 0 spiro atoms. The average molecular weight is 378 g/mol. The number of amides is 1. The molecule has 1 amide bonds. The van der Waals surface area contributed by atoms with Crippen molar-refractivity contribution in [3.05, 3.63) is 58.5 Å². The molecule has 3 rings (SSSR count). The van der Waals surface area contributed by atoms with Crippen LogP contribution in [0.25, 0.3) is 11.3 Å². The molecule has 0 aliphatic rings. The van der Waals surface area contributed by atoms with E-state index in [0.717, 1.165) is 41.2 Å². The Hall–Kier alpha value is -3.22. The fourth-order valence-corrected chi connectivity index (χ4v) is 3.16. The number of aryl methyl sites for hydroxylation is 3. The molecule has 0 unspecified atom stereocenters. The largest absolute Gasteiger partial charge is 0.357 e. The molecule has 7 heteroatoms. The first-order valence-electron chi connectivity index (χ1n) is 9.40. The van der Waals surface area contributed by atoms with Gasteiger partial charge in [-0.05, 0) is 57.4 Å². The predicted octanol–water partition coefficient (Wildman–Crippen LogP) is 3.20. The summed E-state index contributed by atoms with van der Waals surface area (Å²) in [5.41, 5.74) is 6.52. The molecule has 28 heavy (non-hydrogen) atoms. The van der Waals surface area contributed by atoms with E-state index in [0.29, 0.717) is 18.1 Å². The molecule has 0 fully saturated rings. The highest BCUT2D eigenvalue weighted by atomic mass is 16.1. The van der Waals surface area contributed by atoms with Crippen molar-refractivity contribution in [3.8, 4) is 11.3 Å². The molecule has 0 aliphatic heterocycles.